The third-order valence-electron chi connectivity index (χ3n) is 6.29. The Balaban J connectivity index is 1.42. The predicted octanol–water partition coefficient (Wildman–Crippen LogP) is 7.75. The van der Waals surface area contributed by atoms with Crippen molar-refractivity contribution in [3.8, 4) is 5.75 Å². The summed E-state index contributed by atoms with van der Waals surface area (Å²) in [6.07, 6.45) is 17.5. The lowest BCUT2D eigenvalue weighted by Gasteiger charge is -2.21. The Kier molecular flexibility index (Phi) is 9.47. The van der Waals surface area contributed by atoms with Crippen LogP contribution in [0.2, 0.25) is 0 Å². The fourth-order valence-corrected chi connectivity index (χ4v) is 4.29. The lowest BCUT2D eigenvalue weighted by molar-refractivity contribution is 0.0734. The number of aryl methyl sites for hydroxylation is 2. The van der Waals surface area contributed by atoms with E-state index in [9.17, 15) is 4.79 Å². The summed E-state index contributed by atoms with van der Waals surface area (Å²) in [6.45, 7) is 2.24. The normalized spacial score (nSPS) is 14.6. The van der Waals surface area contributed by atoms with Gasteiger partial charge in [0.05, 0.1) is 5.56 Å². The Morgan fingerprint density at radius 1 is 0.833 bits per heavy atom. The maximum absolute atomic E-state index is 12.4. The third kappa shape index (κ3) is 7.63. The maximum Gasteiger partial charge on any atom is 0.343 e. The first-order valence-electron chi connectivity index (χ1n) is 12.0. The molecule has 0 atom stereocenters. The second-order valence-electron chi connectivity index (χ2n) is 8.74. The fourth-order valence-electron chi connectivity index (χ4n) is 4.29. The van der Waals surface area contributed by atoms with Crippen molar-refractivity contribution >= 4 is 5.97 Å². The Morgan fingerprint density at radius 2 is 1.47 bits per heavy atom. The van der Waals surface area contributed by atoms with E-state index >= 15 is 0 Å². The minimum absolute atomic E-state index is 0.282. The molecule has 30 heavy (non-hydrogen) atoms. The number of esters is 1. The minimum Gasteiger partial charge on any atom is -0.423 e. The van der Waals surface area contributed by atoms with Gasteiger partial charge in [0, 0.05) is 0 Å². The molecule has 1 radical (unpaired) electrons. The first-order valence-corrected chi connectivity index (χ1v) is 12.0. The highest BCUT2D eigenvalue weighted by molar-refractivity contribution is 5.91. The first-order chi connectivity index (χ1) is 14.7. The molecule has 0 spiro atoms. The number of unbranched alkanes of at least 4 members (excludes halogenated alkanes) is 4. The molecule has 0 aliphatic heterocycles. The molecule has 0 amide bonds. The summed E-state index contributed by atoms with van der Waals surface area (Å²) in [5, 5.41) is 0. The molecule has 0 heterocycles. The summed E-state index contributed by atoms with van der Waals surface area (Å²) in [5.41, 5.74) is 3.24. The molecule has 1 aliphatic rings. The molecule has 2 heteroatoms. The Bertz CT molecular complexity index is 739. The minimum atomic E-state index is -0.282. The van der Waals surface area contributed by atoms with Gasteiger partial charge >= 0.3 is 5.97 Å². The van der Waals surface area contributed by atoms with Gasteiger partial charge in [-0.1, -0.05) is 69.7 Å². The third-order valence-corrected chi connectivity index (χ3v) is 6.29. The van der Waals surface area contributed by atoms with Crippen LogP contribution < -0.4 is 4.74 Å². The average molecular weight is 406 g/mol. The predicted molar refractivity (Wildman–Crippen MR) is 125 cm³/mol. The molecular formula is C28H37O2. The van der Waals surface area contributed by atoms with Crippen LogP contribution in [0.5, 0.6) is 5.75 Å². The van der Waals surface area contributed by atoms with E-state index < -0.39 is 0 Å². The van der Waals surface area contributed by atoms with E-state index in [1.54, 1.807) is 0 Å². The molecule has 2 aromatic carbocycles. The monoisotopic (exact) mass is 405 g/mol. The van der Waals surface area contributed by atoms with Crippen LogP contribution in [-0.2, 0) is 12.8 Å². The van der Waals surface area contributed by atoms with Crippen molar-refractivity contribution in [2.24, 2.45) is 5.92 Å². The van der Waals surface area contributed by atoms with Crippen LogP contribution in [0.3, 0.4) is 0 Å². The van der Waals surface area contributed by atoms with Crippen LogP contribution >= 0.6 is 0 Å². The van der Waals surface area contributed by atoms with Gasteiger partial charge in [-0.25, -0.2) is 4.79 Å². The molecule has 0 saturated heterocycles. The largest absolute Gasteiger partial charge is 0.423 e. The Labute approximate surface area is 183 Å². The van der Waals surface area contributed by atoms with Crippen LogP contribution in [0.25, 0.3) is 0 Å². The van der Waals surface area contributed by atoms with Crippen molar-refractivity contribution in [3.63, 3.8) is 0 Å². The van der Waals surface area contributed by atoms with Crippen molar-refractivity contribution in [2.45, 2.75) is 84.0 Å². The van der Waals surface area contributed by atoms with Crippen LogP contribution in [0, 0.1) is 12.3 Å². The summed E-state index contributed by atoms with van der Waals surface area (Å²) in [7, 11) is 0. The topological polar surface area (TPSA) is 26.3 Å². The fraction of sp³-hybridized carbons (Fsp3) is 0.500. The molecule has 0 aromatic heterocycles. The number of benzene rings is 2. The van der Waals surface area contributed by atoms with Crippen molar-refractivity contribution < 1.29 is 9.53 Å². The zero-order valence-electron chi connectivity index (χ0n) is 18.6. The highest BCUT2D eigenvalue weighted by Gasteiger charge is 2.13. The van der Waals surface area contributed by atoms with Crippen molar-refractivity contribution in [3.05, 3.63) is 71.6 Å². The zero-order chi connectivity index (χ0) is 21.0. The van der Waals surface area contributed by atoms with E-state index in [1.165, 1.54) is 75.3 Å². The standard InChI is InChI=1S/C28H37O2/c1-2-3-4-5-7-12-24-15-19-26(20-16-24)28(29)30-27-21-17-25(18-22-27)14-13-23-10-8-6-9-11-23/h6,15-23H,2-5,7-14H2,1H3. The SMILES string of the molecule is CCCCCCCc1ccc(C(=O)Oc2ccc(CCC3CC[CH]CC3)cc2)cc1. The molecule has 3 rings (SSSR count). The van der Waals surface area contributed by atoms with Crippen molar-refractivity contribution in [2.75, 3.05) is 0 Å². The summed E-state index contributed by atoms with van der Waals surface area (Å²) >= 11 is 0. The summed E-state index contributed by atoms with van der Waals surface area (Å²) in [4.78, 5) is 12.4. The molecule has 0 unspecified atom stereocenters. The van der Waals surface area contributed by atoms with Gasteiger partial charge in [-0.2, -0.15) is 0 Å². The van der Waals surface area contributed by atoms with E-state index in [2.05, 4.69) is 37.6 Å². The number of hydrogen-bond acceptors (Lipinski definition) is 2. The van der Waals surface area contributed by atoms with Crippen molar-refractivity contribution in [1.82, 2.24) is 0 Å². The van der Waals surface area contributed by atoms with Crippen LogP contribution in [0.4, 0.5) is 0 Å². The molecule has 0 N–H and O–H groups in total. The molecule has 0 bridgehead atoms. The molecular weight excluding hydrogens is 368 g/mol. The average Bonchev–Trinajstić information content (AvgIpc) is 2.79. The van der Waals surface area contributed by atoms with Gasteiger partial charge < -0.3 is 4.74 Å². The quantitative estimate of drug-likeness (QED) is 0.217. The smallest absolute Gasteiger partial charge is 0.343 e. The van der Waals surface area contributed by atoms with Gasteiger partial charge in [-0.15, -0.1) is 0 Å². The van der Waals surface area contributed by atoms with Gasteiger partial charge in [0.1, 0.15) is 5.75 Å². The number of carbonyl (C=O) groups excluding carboxylic acids is 1. The number of carbonyl (C=O) groups is 1. The van der Waals surface area contributed by atoms with Gasteiger partial charge in [0.15, 0.2) is 0 Å². The highest BCUT2D eigenvalue weighted by atomic mass is 16.5. The summed E-state index contributed by atoms with van der Waals surface area (Å²) in [5.74, 6) is 1.21. The molecule has 1 fully saturated rings. The van der Waals surface area contributed by atoms with E-state index in [4.69, 9.17) is 4.74 Å². The highest BCUT2D eigenvalue weighted by Crippen LogP contribution is 2.27. The Hall–Kier alpha value is -2.09. The summed E-state index contributed by atoms with van der Waals surface area (Å²) < 4.78 is 5.57. The van der Waals surface area contributed by atoms with E-state index in [1.807, 2.05) is 24.3 Å². The van der Waals surface area contributed by atoms with Gasteiger partial charge in [0.2, 0.25) is 0 Å². The van der Waals surface area contributed by atoms with Gasteiger partial charge in [-0.05, 0) is 86.3 Å². The molecule has 1 saturated carbocycles. The van der Waals surface area contributed by atoms with Crippen molar-refractivity contribution in [1.29, 1.82) is 0 Å². The number of rotatable bonds is 11. The van der Waals surface area contributed by atoms with Crippen LogP contribution in [-0.4, -0.2) is 5.97 Å². The summed E-state index contributed by atoms with van der Waals surface area (Å²) in [6, 6.07) is 15.9. The lowest BCUT2D eigenvalue weighted by Crippen LogP contribution is -2.09. The zero-order valence-corrected chi connectivity index (χ0v) is 18.6. The molecule has 1 aliphatic carbocycles. The second kappa shape index (κ2) is 12.6. The lowest BCUT2D eigenvalue weighted by atomic mass is 9.85. The Morgan fingerprint density at radius 3 is 2.17 bits per heavy atom. The first kappa shape index (κ1) is 22.6. The van der Waals surface area contributed by atoms with E-state index in [0.29, 0.717) is 11.3 Å². The number of hydrogen-bond donors (Lipinski definition) is 0. The van der Waals surface area contributed by atoms with E-state index in [-0.39, 0.29) is 5.97 Å². The molecule has 2 nitrogen and oxygen atoms in total. The second-order valence-corrected chi connectivity index (χ2v) is 8.74. The van der Waals surface area contributed by atoms with Gasteiger partial charge in [0.25, 0.3) is 0 Å². The van der Waals surface area contributed by atoms with Crippen LogP contribution in [0.1, 0.15) is 92.6 Å². The van der Waals surface area contributed by atoms with Gasteiger partial charge in [-0.3, -0.25) is 0 Å². The number of ether oxygens (including phenoxy) is 1. The molecule has 2 aromatic rings. The molecule has 161 valence electrons. The maximum atomic E-state index is 12.4. The van der Waals surface area contributed by atoms with E-state index in [0.717, 1.165) is 18.8 Å². The van der Waals surface area contributed by atoms with Crippen LogP contribution in [0.15, 0.2) is 48.5 Å².